The minimum atomic E-state index is -0.295. The van der Waals surface area contributed by atoms with Crippen LogP contribution in [0.15, 0.2) is 24.3 Å². The molecular formula is C11H11FN4. The van der Waals surface area contributed by atoms with E-state index in [9.17, 15) is 4.39 Å². The number of hydrogen-bond acceptors (Lipinski definition) is 4. The summed E-state index contributed by atoms with van der Waals surface area (Å²) < 4.78 is 12.8. The molecule has 0 aliphatic carbocycles. The van der Waals surface area contributed by atoms with Gasteiger partial charge in [-0.05, 0) is 24.6 Å². The van der Waals surface area contributed by atoms with Crippen molar-refractivity contribution in [2.45, 2.75) is 6.92 Å². The van der Waals surface area contributed by atoms with Crippen LogP contribution in [0.5, 0.6) is 0 Å². The van der Waals surface area contributed by atoms with Gasteiger partial charge in [0.05, 0.1) is 5.69 Å². The predicted molar refractivity (Wildman–Crippen MR) is 61.0 cm³/mol. The molecule has 1 heterocycles. The lowest BCUT2D eigenvalue weighted by molar-refractivity contribution is 0.628. The number of nitrogens with zero attached hydrogens (tertiary/aromatic N) is 2. The summed E-state index contributed by atoms with van der Waals surface area (Å²) in [6.07, 6.45) is 0. The number of anilines is 2. The largest absolute Gasteiger partial charge is 0.383 e. The van der Waals surface area contributed by atoms with Crippen LogP contribution in [-0.2, 0) is 0 Å². The highest BCUT2D eigenvalue weighted by Gasteiger charge is 2.10. The van der Waals surface area contributed by atoms with Crippen molar-refractivity contribution in [3.8, 4) is 11.1 Å². The Morgan fingerprint density at radius 3 is 2.25 bits per heavy atom. The minimum Gasteiger partial charge on any atom is -0.383 e. The smallest absolute Gasteiger partial charge is 0.222 e. The Morgan fingerprint density at radius 2 is 1.69 bits per heavy atom. The molecule has 0 bridgehead atoms. The van der Waals surface area contributed by atoms with Gasteiger partial charge in [0.15, 0.2) is 0 Å². The Kier molecular flexibility index (Phi) is 2.44. The quantitative estimate of drug-likeness (QED) is 0.764. The maximum Gasteiger partial charge on any atom is 0.222 e. The maximum atomic E-state index is 12.8. The molecule has 2 rings (SSSR count). The van der Waals surface area contributed by atoms with E-state index in [0.717, 1.165) is 5.56 Å². The highest BCUT2D eigenvalue weighted by atomic mass is 19.1. The number of nitrogen functional groups attached to an aromatic ring is 2. The lowest BCUT2D eigenvalue weighted by Crippen LogP contribution is -2.04. The number of benzene rings is 1. The van der Waals surface area contributed by atoms with Gasteiger partial charge in [0, 0.05) is 5.56 Å². The first-order chi connectivity index (χ1) is 7.58. The normalized spacial score (nSPS) is 10.4. The van der Waals surface area contributed by atoms with E-state index >= 15 is 0 Å². The van der Waals surface area contributed by atoms with Crippen LogP contribution in [0.3, 0.4) is 0 Å². The molecule has 82 valence electrons. The van der Waals surface area contributed by atoms with E-state index in [-0.39, 0.29) is 11.8 Å². The fourth-order valence-corrected chi connectivity index (χ4v) is 1.59. The SMILES string of the molecule is Cc1nc(N)nc(N)c1-c1ccc(F)cc1. The van der Waals surface area contributed by atoms with Crippen LogP contribution in [0.25, 0.3) is 11.1 Å². The topological polar surface area (TPSA) is 77.8 Å². The van der Waals surface area contributed by atoms with Gasteiger partial charge < -0.3 is 11.5 Å². The van der Waals surface area contributed by atoms with Crippen molar-refractivity contribution in [1.82, 2.24) is 9.97 Å². The molecule has 0 radical (unpaired) electrons. The van der Waals surface area contributed by atoms with Crippen LogP contribution in [0, 0.1) is 12.7 Å². The summed E-state index contributed by atoms with van der Waals surface area (Å²) in [7, 11) is 0. The van der Waals surface area contributed by atoms with E-state index in [1.807, 2.05) is 0 Å². The molecule has 0 spiro atoms. The van der Waals surface area contributed by atoms with Gasteiger partial charge in [-0.25, -0.2) is 9.37 Å². The molecule has 0 saturated heterocycles. The van der Waals surface area contributed by atoms with Crippen molar-refractivity contribution in [3.63, 3.8) is 0 Å². The van der Waals surface area contributed by atoms with E-state index in [4.69, 9.17) is 11.5 Å². The molecule has 0 aliphatic rings. The third-order valence-corrected chi connectivity index (χ3v) is 2.27. The number of aromatic nitrogens is 2. The van der Waals surface area contributed by atoms with Gasteiger partial charge in [-0.15, -0.1) is 0 Å². The molecule has 0 fully saturated rings. The zero-order valence-corrected chi connectivity index (χ0v) is 8.74. The first-order valence-electron chi connectivity index (χ1n) is 4.73. The van der Waals surface area contributed by atoms with Crippen LogP contribution in [0.4, 0.5) is 16.2 Å². The van der Waals surface area contributed by atoms with Crippen molar-refractivity contribution in [2.24, 2.45) is 0 Å². The molecule has 0 amide bonds. The monoisotopic (exact) mass is 218 g/mol. The fraction of sp³-hybridized carbons (Fsp3) is 0.0909. The van der Waals surface area contributed by atoms with Gasteiger partial charge in [-0.3, -0.25) is 0 Å². The van der Waals surface area contributed by atoms with Crippen molar-refractivity contribution in [2.75, 3.05) is 11.5 Å². The average Bonchev–Trinajstić information content (AvgIpc) is 2.19. The second-order valence-electron chi connectivity index (χ2n) is 3.43. The lowest BCUT2D eigenvalue weighted by Gasteiger charge is -2.08. The fourth-order valence-electron chi connectivity index (χ4n) is 1.59. The summed E-state index contributed by atoms with van der Waals surface area (Å²) >= 11 is 0. The second-order valence-corrected chi connectivity index (χ2v) is 3.43. The average molecular weight is 218 g/mol. The predicted octanol–water partition coefficient (Wildman–Crippen LogP) is 1.76. The zero-order valence-electron chi connectivity index (χ0n) is 8.74. The highest BCUT2D eigenvalue weighted by Crippen LogP contribution is 2.27. The Morgan fingerprint density at radius 1 is 1.06 bits per heavy atom. The van der Waals surface area contributed by atoms with E-state index in [0.29, 0.717) is 17.1 Å². The summed E-state index contributed by atoms with van der Waals surface area (Å²) in [4.78, 5) is 7.91. The van der Waals surface area contributed by atoms with E-state index < -0.39 is 0 Å². The molecule has 0 saturated carbocycles. The third-order valence-electron chi connectivity index (χ3n) is 2.27. The van der Waals surface area contributed by atoms with Gasteiger partial charge in [0.25, 0.3) is 0 Å². The Bertz CT molecular complexity index is 499. The van der Waals surface area contributed by atoms with Crippen molar-refractivity contribution < 1.29 is 4.39 Å². The lowest BCUT2D eigenvalue weighted by atomic mass is 10.1. The van der Waals surface area contributed by atoms with E-state index in [2.05, 4.69) is 9.97 Å². The molecule has 1 aromatic carbocycles. The Labute approximate surface area is 92.1 Å². The molecule has 5 heteroatoms. The van der Waals surface area contributed by atoms with Gasteiger partial charge in [-0.1, -0.05) is 12.1 Å². The number of aryl methyl sites for hydroxylation is 1. The molecular weight excluding hydrogens is 207 g/mol. The number of nitrogens with two attached hydrogens (primary N) is 2. The van der Waals surface area contributed by atoms with Crippen LogP contribution in [0.1, 0.15) is 5.69 Å². The second kappa shape index (κ2) is 3.77. The maximum absolute atomic E-state index is 12.8. The van der Waals surface area contributed by atoms with Crippen LogP contribution >= 0.6 is 0 Å². The summed E-state index contributed by atoms with van der Waals surface area (Å²) in [5.74, 6) is 0.147. The minimum absolute atomic E-state index is 0.140. The number of hydrogen-bond donors (Lipinski definition) is 2. The first kappa shape index (κ1) is 10.4. The molecule has 4 N–H and O–H groups in total. The van der Waals surface area contributed by atoms with Crippen LogP contribution in [-0.4, -0.2) is 9.97 Å². The van der Waals surface area contributed by atoms with Crippen molar-refractivity contribution >= 4 is 11.8 Å². The van der Waals surface area contributed by atoms with Gasteiger partial charge in [-0.2, -0.15) is 4.98 Å². The van der Waals surface area contributed by atoms with Crippen molar-refractivity contribution in [3.05, 3.63) is 35.8 Å². The first-order valence-corrected chi connectivity index (χ1v) is 4.73. The number of rotatable bonds is 1. The van der Waals surface area contributed by atoms with Crippen LogP contribution < -0.4 is 11.5 Å². The molecule has 16 heavy (non-hydrogen) atoms. The zero-order chi connectivity index (χ0) is 11.7. The molecule has 0 unspecified atom stereocenters. The Balaban J connectivity index is 2.60. The van der Waals surface area contributed by atoms with E-state index in [1.165, 1.54) is 12.1 Å². The van der Waals surface area contributed by atoms with E-state index in [1.54, 1.807) is 19.1 Å². The summed E-state index contributed by atoms with van der Waals surface area (Å²) in [6, 6.07) is 6.00. The Hall–Kier alpha value is -2.17. The van der Waals surface area contributed by atoms with Gasteiger partial charge in [0.2, 0.25) is 5.95 Å². The standard InChI is InChI=1S/C11H11FN4/c1-6-9(10(13)16-11(14)15-6)7-2-4-8(12)5-3-7/h2-5H,1H3,(H4,13,14,15,16). The van der Waals surface area contributed by atoms with Crippen molar-refractivity contribution in [1.29, 1.82) is 0 Å². The van der Waals surface area contributed by atoms with Gasteiger partial charge in [0.1, 0.15) is 11.6 Å². The molecule has 2 aromatic rings. The highest BCUT2D eigenvalue weighted by molar-refractivity contribution is 5.76. The molecule has 4 nitrogen and oxygen atoms in total. The van der Waals surface area contributed by atoms with Gasteiger partial charge >= 0.3 is 0 Å². The summed E-state index contributed by atoms with van der Waals surface area (Å²) in [6.45, 7) is 1.78. The third kappa shape index (κ3) is 1.79. The molecule has 1 aromatic heterocycles. The number of halogens is 1. The molecule has 0 atom stereocenters. The van der Waals surface area contributed by atoms with Crippen LogP contribution in [0.2, 0.25) is 0 Å². The molecule has 0 aliphatic heterocycles. The summed E-state index contributed by atoms with van der Waals surface area (Å²) in [5.41, 5.74) is 13.4. The summed E-state index contributed by atoms with van der Waals surface area (Å²) in [5, 5.41) is 0.